The molecule has 0 N–H and O–H groups in total. The van der Waals surface area contributed by atoms with E-state index < -0.39 is 0 Å². The highest BCUT2D eigenvalue weighted by Gasteiger charge is 2.24. The van der Waals surface area contributed by atoms with E-state index >= 15 is 0 Å². The Morgan fingerprint density at radius 3 is 2.95 bits per heavy atom. The van der Waals surface area contributed by atoms with Crippen LogP contribution in [0.25, 0.3) is 0 Å². The molecule has 3 rings (SSSR count). The highest BCUT2D eigenvalue weighted by Crippen LogP contribution is 2.29. The quantitative estimate of drug-likeness (QED) is 0.845. The molecule has 0 saturated carbocycles. The summed E-state index contributed by atoms with van der Waals surface area (Å²) >= 11 is 6.22. The number of aromatic nitrogens is 2. The summed E-state index contributed by atoms with van der Waals surface area (Å²) in [6.07, 6.45) is 5.13. The maximum Gasteiger partial charge on any atom is 0.147 e. The smallest absolute Gasteiger partial charge is 0.147 e. The number of rotatable bonds is 2. The minimum Gasteiger partial charge on any atom is -0.370 e. The van der Waals surface area contributed by atoms with Crippen molar-refractivity contribution >= 4 is 17.4 Å². The average Bonchev–Trinajstić information content (AvgIpc) is 2.49. The fraction of sp³-hybridized carbons (Fsp3) is 0.286. The van der Waals surface area contributed by atoms with Crippen molar-refractivity contribution in [3.05, 3.63) is 53.4 Å². The number of hydrogen-bond acceptors (Lipinski definition) is 4. The van der Waals surface area contributed by atoms with Crippen LogP contribution in [0.5, 0.6) is 0 Å². The van der Waals surface area contributed by atoms with Crippen LogP contribution in [0.4, 0.5) is 5.82 Å². The van der Waals surface area contributed by atoms with Gasteiger partial charge >= 0.3 is 0 Å². The summed E-state index contributed by atoms with van der Waals surface area (Å²) in [7, 11) is 0. The molecule has 19 heavy (non-hydrogen) atoms. The standard InChI is InChI=1S/C14H14ClN3O/c15-12-4-2-1-3-11(12)13-10-18(7-8-19-13)14-9-16-5-6-17-14/h1-6,9,13H,7-8,10H2. The number of ether oxygens (including phenoxy) is 1. The summed E-state index contributed by atoms with van der Waals surface area (Å²) in [5, 5.41) is 0.744. The summed E-state index contributed by atoms with van der Waals surface area (Å²) in [6.45, 7) is 2.22. The van der Waals surface area contributed by atoms with Crippen molar-refractivity contribution in [3.63, 3.8) is 0 Å². The molecule has 2 heterocycles. The van der Waals surface area contributed by atoms with Gasteiger partial charge in [0.25, 0.3) is 0 Å². The first-order valence-corrected chi connectivity index (χ1v) is 6.59. The largest absolute Gasteiger partial charge is 0.370 e. The van der Waals surface area contributed by atoms with Gasteiger partial charge in [0, 0.05) is 36.1 Å². The first-order chi connectivity index (χ1) is 9.34. The SMILES string of the molecule is Clc1ccccc1C1CN(c2cnccn2)CCO1. The highest BCUT2D eigenvalue weighted by molar-refractivity contribution is 6.31. The first-order valence-electron chi connectivity index (χ1n) is 6.21. The van der Waals surface area contributed by atoms with Crippen molar-refractivity contribution in [2.75, 3.05) is 24.6 Å². The van der Waals surface area contributed by atoms with Crippen LogP contribution in [0.15, 0.2) is 42.9 Å². The summed E-state index contributed by atoms with van der Waals surface area (Å²) in [5.74, 6) is 0.878. The van der Waals surface area contributed by atoms with Crippen molar-refractivity contribution in [1.82, 2.24) is 9.97 Å². The van der Waals surface area contributed by atoms with Gasteiger partial charge in [-0.25, -0.2) is 4.98 Å². The Hall–Kier alpha value is -1.65. The molecular formula is C14H14ClN3O. The van der Waals surface area contributed by atoms with Crippen molar-refractivity contribution < 1.29 is 4.74 Å². The van der Waals surface area contributed by atoms with E-state index in [-0.39, 0.29) is 6.10 Å². The molecule has 2 aromatic rings. The minimum absolute atomic E-state index is 0.0237. The molecule has 0 bridgehead atoms. The Kier molecular flexibility index (Phi) is 3.62. The summed E-state index contributed by atoms with van der Waals surface area (Å²) in [6, 6.07) is 7.80. The molecule has 1 atom stereocenters. The van der Waals surface area contributed by atoms with Crippen LogP contribution in [0.2, 0.25) is 5.02 Å². The van der Waals surface area contributed by atoms with Gasteiger partial charge in [-0.2, -0.15) is 0 Å². The van der Waals surface area contributed by atoms with Crippen LogP contribution >= 0.6 is 11.6 Å². The van der Waals surface area contributed by atoms with Gasteiger partial charge in [0.2, 0.25) is 0 Å². The summed E-state index contributed by atoms with van der Waals surface area (Å²) in [5.41, 5.74) is 1.03. The van der Waals surface area contributed by atoms with Gasteiger partial charge in [-0.1, -0.05) is 29.8 Å². The zero-order valence-electron chi connectivity index (χ0n) is 10.4. The molecule has 0 aliphatic carbocycles. The number of morpholine rings is 1. The monoisotopic (exact) mass is 275 g/mol. The van der Waals surface area contributed by atoms with E-state index in [1.807, 2.05) is 24.3 Å². The third kappa shape index (κ3) is 2.69. The number of hydrogen-bond donors (Lipinski definition) is 0. The normalized spacial score (nSPS) is 19.4. The van der Waals surface area contributed by atoms with E-state index in [1.54, 1.807) is 18.6 Å². The van der Waals surface area contributed by atoms with Crippen molar-refractivity contribution in [2.45, 2.75) is 6.10 Å². The van der Waals surface area contributed by atoms with E-state index in [2.05, 4.69) is 14.9 Å². The zero-order valence-corrected chi connectivity index (χ0v) is 11.1. The molecule has 0 spiro atoms. The van der Waals surface area contributed by atoms with Crippen LogP contribution in [-0.2, 0) is 4.74 Å². The highest BCUT2D eigenvalue weighted by atomic mass is 35.5. The lowest BCUT2D eigenvalue weighted by Crippen LogP contribution is -2.39. The van der Waals surface area contributed by atoms with E-state index in [0.29, 0.717) is 6.61 Å². The second-order valence-corrected chi connectivity index (χ2v) is 4.80. The molecule has 1 aliphatic heterocycles. The van der Waals surface area contributed by atoms with Crippen molar-refractivity contribution in [2.24, 2.45) is 0 Å². The minimum atomic E-state index is -0.0237. The lowest BCUT2D eigenvalue weighted by atomic mass is 10.1. The maximum absolute atomic E-state index is 6.22. The Morgan fingerprint density at radius 1 is 1.26 bits per heavy atom. The molecule has 98 valence electrons. The second-order valence-electron chi connectivity index (χ2n) is 4.39. The fourth-order valence-electron chi connectivity index (χ4n) is 2.24. The summed E-state index contributed by atoms with van der Waals surface area (Å²) in [4.78, 5) is 10.6. The molecule has 1 fully saturated rings. The van der Waals surface area contributed by atoms with Crippen LogP contribution in [0.1, 0.15) is 11.7 Å². The Balaban J connectivity index is 1.81. The van der Waals surface area contributed by atoms with Gasteiger partial charge < -0.3 is 9.64 Å². The van der Waals surface area contributed by atoms with Crippen LogP contribution in [-0.4, -0.2) is 29.7 Å². The average molecular weight is 276 g/mol. The molecule has 0 amide bonds. The molecular weight excluding hydrogens is 262 g/mol. The molecule has 1 aromatic heterocycles. The van der Waals surface area contributed by atoms with Gasteiger partial charge in [-0.05, 0) is 6.07 Å². The summed E-state index contributed by atoms with van der Waals surface area (Å²) < 4.78 is 5.82. The molecule has 4 nitrogen and oxygen atoms in total. The predicted octanol–water partition coefficient (Wildman–Crippen LogP) is 2.71. The van der Waals surface area contributed by atoms with Crippen LogP contribution in [0, 0.1) is 0 Å². The zero-order chi connectivity index (χ0) is 13.1. The van der Waals surface area contributed by atoms with E-state index in [1.165, 1.54) is 0 Å². The van der Waals surface area contributed by atoms with Gasteiger partial charge in [0.1, 0.15) is 11.9 Å². The Labute approximate surface area is 117 Å². The van der Waals surface area contributed by atoms with Crippen LogP contribution in [0.3, 0.4) is 0 Å². The molecule has 1 aromatic carbocycles. The predicted molar refractivity (Wildman–Crippen MR) is 74.4 cm³/mol. The van der Waals surface area contributed by atoms with Crippen molar-refractivity contribution in [3.8, 4) is 0 Å². The maximum atomic E-state index is 6.22. The van der Waals surface area contributed by atoms with Gasteiger partial charge in [-0.3, -0.25) is 4.98 Å². The van der Waals surface area contributed by atoms with E-state index in [0.717, 1.165) is 29.5 Å². The number of nitrogens with zero attached hydrogens (tertiary/aromatic N) is 3. The number of halogens is 1. The lowest BCUT2D eigenvalue weighted by molar-refractivity contribution is 0.0396. The molecule has 1 aliphatic rings. The van der Waals surface area contributed by atoms with Gasteiger partial charge in [0.15, 0.2) is 0 Å². The van der Waals surface area contributed by atoms with E-state index in [4.69, 9.17) is 16.3 Å². The molecule has 1 unspecified atom stereocenters. The Bertz CT molecular complexity index is 549. The fourth-order valence-corrected chi connectivity index (χ4v) is 2.49. The van der Waals surface area contributed by atoms with Gasteiger partial charge in [-0.15, -0.1) is 0 Å². The first kappa shape index (κ1) is 12.4. The van der Waals surface area contributed by atoms with E-state index in [9.17, 15) is 0 Å². The third-order valence-electron chi connectivity index (χ3n) is 3.19. The molecule has 5 heteroatoms. The topological polar surface area (TPSA) is 38.2 Å². The molecule has 1 saturated heterocycles. The molecule has 0 radical (unpaired) electrons. The van der Waals surface area contributed by atoms with Crippen LogP contribution < -0.4 is 4.90 Å². The number of benzene rings is 1. The third-order valence-corrected chi connectivity index (χ3v) is 3.54. The van der Waals surface area contributed by atoms with Crippen molar-refractivity contribution in [1.29, 1.82) is 0 Å². The number of anilines is 1. The Morgan fingerprint density at radius 2 is 2.16 bits per heavy atom. The lowest BCUT2D eigenvalue weighted by Gasteiger charge is -2.34. The second kappa shape index (κ2) is 5.55. The van der Waals surface area contributed by atoms with Gasteiger partial charge in [0.05, 0.1) is 12.8 Å².